The quantitative estimate of drug-likeness (QED) is 0.509. The van der Waals surface area contributed by atoms with Crippen LogP contribution in [0.2, 0.25) is 0 Å². The van der Waals surface area contributed by atoms with E-state index in [-0.39, 0.29) is 42.8 Å². The SMILES string of the molecule is COc1cc(-c2cnn(C3CCN(CC4(OC)CNC4)CC3)c2C)cn2ncc(C#N)c12.Cl.Cl.Cl. The lowest BCUT2D eigenvalue weighted by atomic mass is 9.94. The van der Waals surface area contributed by atoms with Crippen LogP contribution in [0.5, 0.6) is 5.75 Å². The van der Waals surface area contributed by atoms with Gasteiger partial charge in [0.1, 0.15) is 28.5 Å². The van der Waals surface area contributed by atoms with Crippen molar-refractivity contribution in [2.24, 2.45) is 0 Å². The molecule has 5 heterocycles. The zero-order valence-electron chi connectivity index (χ0n) is 20.1. The Morgan fingerprint density at radius 2 is 1.86 bits per heavy atom. The average molecular weight is 545 g/mol. The van der Waals surface area contributed by atoms with Gasteiger partial charge in [-0.3, -0.25) is 4.68 Å². The molecule has 0 amide bonds. The number of rotatable bonds is 6. The van der Waals surface area contributed by atoms with E-state index in [1.54, 1.807) is 17.8 Å². The standard InChI is InChI=1S/C23H29N7O2.3ClH/c1-16-20(17-8-21(31-2)22-18(9-24)10-26-29(22)12-17)11-27-30(16)19-4-6-28(7-5-19)15-23(32-3)13-25-14-23;;;/h8,10-12,19,25H,4-7,13-15H2,1-3H3;3*1H. The number of ether oxygens (including phenoxy) is 2. The highest BCUT2D eigenvalue weighted by atomic mass is 35.5. The average Bonchev–Trinajstić information content (AvgIpc) is 3.39. The summed E-state index contributed by atoms with van der Waals surface area (Å²) in [4.78, 5) is 2.52. The van der Waals surface area contributed by atoms with E-state index < -0.39 is 0 Å². The maximum Gasteiger partial charge on any atom is 0.146 e. The van der Waals surface area contributed by atoms with Crippen LogP contribution in [0, 0.1) is 18.3 Å². The first-order valence-electron chi connectivity index (χ1n) is 11.1. The monoisotopic (exact) mass is 543 g/mol. The highest BCUT2D eigenvalue weighted by molar-refractivity contribution is 5.86. The van der Waals surface area contributed by atoms with E-state index in [1.165, 1.54) is 0 Å². The number of nitriles is 1. The molecular weight excluding hydrogens is 513 g/mol. The molecular formula is C23H32Cl3N7O2. The van der Waals surface area contributed by atoms with Gasteiger partial charge in [0.2, 0.25) is 0 Å². The van der Waals surface area contributed by atoms with Crippen LogP contribution in [0.3, 0.4) is 0 Å². The van der Waals surface area contributed by atoms with E-state index in [4.69, 9.17) is 14.6 Å². The van der Waals surface area contributed by atoms with Gasteiger partial charge in [-0.05, 0) is 25.8 Å². The van der Waals surface area contributed by atoms with E-state index in [0.717, 1.165) is 62.4 Å². The molecule has 0 saturated carbocycles. The molecule has 0 aromatic carbocycles. The van der Waals surface area contributed by atoms with Gasteiger partial charge in [-0.25, -0.2) is 4.52 Å². The number of methoxy groups -OCH3 is 2. The molecule has 0 bridgehead atoms. The molecule has 1 N–H and O–H groups in total. The van der Waals surface area contributed by atoms with Gasteiger partial charge in [0.25, 0.3) is 0 Å². The summed E-state index contributed by atoms with van der Waals surface area (Å²) in [6.07, 6.45) is 7.58. The summed E-state index contributed by atoms with van der Waals surface area (Å²) in [6.45, 7) is 7.08. The molecule has 2 saturated heterocycles. The normalized spacial score (nSPS) is 17.4. The van der Waals surface area contributed by atoms with Crippen LogP contribution >= 0.6 is 37.2 Å². The van der Waals surface area contributed by atoms with E-state index in [9.17, 15) is 5.26 Å². The lowest BCUT2D eigenvalue weighted by molar-refractivity contribution is -0.0762. The van der Waals surface area contributed by atoms with Crippen LogP contribution in [0.1, 0.15) is 30.1 Å². The molecule has 5 rings (SSSR count). The molecule has 0 radical (unpaired) electrons. The lowest BCUT2D eigenvalue weighted by Gasteiger charge is -2.45. The Labute approximate surface area is 224 Å². The Bertz CT molecular complexity index is 1170. The number of nitrogens with one attached hydrogen (secondary N) is 1. The predicted molar refractivity (Wildman–Crippen MR) is 141 cm³/mol. The van der Waals surface area contributed by atoms with Gasteiger partial charge in [-0.15, -0.1) is 37.2 Å². The van der Waals surface area contributed by atoms with Gasteiger partial charge in [-0.2, -0.15) is 15.5 Å². The summed E-state index contributed by atoms with van der Waals surface area (Å²) < 4.78 is 15.2. The summed E-state index contributed by atoms with van der Waals surface area (Å²) in [6, 6.07) is 4.53. The van der Waals surface area contributed by atoms with Crippen molar-refractivity contribution >= 4 is 42.7 Å². The number of fused-ring (bicyclic) bond motifs is 1. The van der Waals surface area contributed by atoms with Crippen molar-refractivity contribution in [3.05, 3.63) is 35.9 Å². The fourth-order valence-corrected chi connectivity index (χ4v) is 5.00. The third-order valence-electron chi connectivity index (χ3n) is 7.01. The molecule has 35 heavy (non-hydrogen) atoms. The van der Waals surface area contributed by atoms with E-state index >= 15 is 0 Å². The highest BCUT2D eigenvalue weighted by Crippen LogP contribution is 2.33. The zero-order chi connectivity index (χ0) is 22.3. The number of likely N-dealkylation sites (tertiary alicyclic amines) is 1. The highest BCUT2D eigenvalue weighted by Gasteiger charge is 2.39. The predicted octanol–water partition coefficient (Wildman–Crippen LogP) is 3.28. The van der Waals surface area contributed by atoms with Gasteiger partial charge in [0.05, 0.1) is 25.5 Å². The third-order valence-corrected chi connectivity index (χ3v) is 7.01. The number of aromatic nitrogens is 4. The van der Waals surface area contributed by atoms with Crippen molar-refractivity contribution in [1.29, 1.82) is 5.26 Å². The van der Waals surface area contributed by atoms with Crippen LogP contribution in [0.15, 0.2) is 24.7 Å². The Morgan fingerprint density at radius 3 is 2.43 bits per heavy atom. The molecule has 2 fully saturated rings. The number of hydrogen-bond acceptors (Lipinski definition) is 7. The van der Waals surface area contributed by atoms with E-state index in [1.807, 2.05) is 25.6 Å². The van der Waals surface area contributed by atoms with Crippen LogP contribution in [-0.4, -0.2) is 76.8 Å². The molecule has 0 unspecified atom stereocenters. The van der Waals surface area contributed by atoms with Crippen molar-refractivity contribution in [2.45, 2.75) is 31.4 Å². The van der Waals surface area contributed by atoms with Gasteiger partial charge >= 0.3 is 0 Å². The summed E-state index contributed by atoms with van der Waals surface area (Å²) in [5.41, 5.74) is 4.33. The first kappa shape index (κ1) is 29.2. The second-order valence-corrected chi connectivity index (χ2v) is 8.85. The topological polar surface area (TPSA) is 92.6 Å². The van der Waals surface area contributed by atoms with Crippen LogP contribution in [0.25, 0.3) is 16.6 Å². The minimum absolute atomic E-state index is 0. The Balaban J connectivity index is 0.00000144. The first-order chi connectivity index (χ1) is 15.6. The Morgan fingerprint density at radius 1 is 1.14 bits per heavy atom. The first-order valence-corrected chi connectivity index (χ1v) is 11.1. The van der Waals surface area contributed by atoms with Gasteiger partial charge in [-0.1, -0.05) is 0 Å². The van der Waals surface area contributed by atoms with Crippen molar-refractivity contribution in [3.63, 3.8) is 0 Å². The minimum Gasteiger partial charge on any atom is -0.494 e. The van der Waals surface area contributed by atoms with Gasteiger partial charge < -0.3 is 19.7 Å². The van der Waals surface area contributed by atoms with E-state index in [0.29, 0.717) is 22.9 Å². The summed E-state index contributed by atoms with van der Waals surface area (Å²) in [5.74, 6) is 0.634. The Kier molecular flexibility index (Phi) is 9.82. The maximum atomic E-state index is 9.35. The van der Waals surface area contributed by atoms with Crippen molar-refractivity contribution in [2.75, 3.05) is 46.9 Å². The minimum atomic E-state index is -0.0166. The van der Waals surface area contributed by atoms with Crippen LogP contribution in [0.4, 0.5) is 0 Å². The Hall–Kier alpha value is -2.06. The van der Waals surface area contributed by atoms with Crippen molar-refractivity contribution in [3.8, 4) is 22.9 Å². The fourth-order valence-electron chi connectivity index (χ4n) is 5.00. The summed E-state index contributed by atoms with van der Waals surface area (Å²) in [5, 5.41) is 21.8. The number of piperidine rings is 1. The molecule has 12 heteroatoms. The van der Waals surface area contributed by atoms with Crippen LogP contribution < -0.4 is 10.1 Å². The third kappa shape index (κ3) is 5.24. The zero-order valence-corrected chi connectivity index (χ0v) is 22.5. The number of hydrogen-bond donors (Lipinski definition) is 1. The van der Waals surface area contributed by atoms with Gasteiger partial charge in [0.15, 0.2) is 0 Å². The number of pyridine rings is 1. The lowest BCUT2D eigenvalue weighted by Crippen LogP contribution is -2.66. The number of halogens is 3. The second-order valence-electron chi connectivity index (χ2n) is 8.85. The molecule has 2 aliphatic heterocycles. The van der Waals surface area contributed by atoms with Crippen LogP contribution in [-0.2, 0) is 4.74 Å². The van der Waals surface area contributed by atoms with E-state index in [2.05, 4.69) is 33.0 Å². The van der Waals surface area contributed by atoms with Gasteiger partial charge in [0, 0.05) is 62.9 Å². The molecule has 0 spiro atoms. The fraction of sp³-hybridized carbons (Fsp3) is 0.522. The molecule has 192 valence electrons. The molecule has 0 atom stereocenters. The molecule has 9 nitrogen and oxygen atoms in total. The van der Waals surface area contributed by atoms with Crippen molar-refractivity contribution in [1.82, 2.24) is 29.6 Å². The van der Waals surface area contributed by atoms with Crippen molar-refractivity contribution < 1.29 is 9.47 Å². The smallest absolute Gasteiger partial charge is 0.146 e. The molecule has 0 aliphatic carbocycles. The number of nitrogens with zero attached hydrogens (tertiary/aromatic N) is 6. The maximum absolute atomic E-state index is 9.35. The summed E-state index contributed by atoms with van der Waals surface area (Å²) in [7, 11) is 3.43. The molecule has 3 aromatic rings. The molecule has 3 aromatic heterocycles. The largest absolute Gasteiger partial charge is 0.494 e. The second kappa shape index (κ2) is 11.8. The summed E-state index contributed by atoms with van der Waals surface area (Å²) >= 11 is 0. The molecule has 2 aliphatic rings.